The number of pyridine rings is 1. The van der Waals surface area contributed by atoms with Crippen LogP contribution in [0.25, 0.3) is 5.82 Å². The lowest BCUT2D eigenvalue weighted by Gasteiger charge is -2.12. The van der Waals surface area contributed by atoms with Gasteiger partial charge in [-0.15, -0.1) is 5.10 Å². The second-order valence-electron chi connectivity index (χ2n) is 6.77. The first-order valence-electron chi connectivity index (χ1n) is 9.72. The molecular weight excluding hydrogens is 405 g/mol. The minimum Gasteiger partial charge on any atom is -0.402 e. The van der Waals surface area contributed by atoms with Gasteiger partial charge >= 0.3 is 7.32 Å². The fourth-order valence-electron chi connectivity index (χ4n) is 2.84. The van der Waals surface area contributed by atoms with Crippen LogP contribution in [0.15, 0.2) is 37.1 Å². The summed E-state index contributed by atoms with van der Waals surface area (Å²) in [5, 5.41) is 31.4. The Morgan fingerprint density at radius 3 is 2.90 bits per heavy atom. The van der Waals surface area contributed by atoms with Crippen molar-refractivity contribution in [2.75, 3.05) is 6.61 Å². The molecule has 0 saturated carbocycles. The van der Waals surface area contributed by atoms with Crippen molar-refractivity contribution in [1.82, 2.24) is 40.1 Å². The molecule has 0 aliphatic carbocycles. The number of amides is 1. The van der Waals surface area contributed by atoms with Gasteiger partial charge in [-0.3, -0.25) is 9.36 Å². The zero-order valence-electron chi connectivity index (χ0n) is 16.8. The summed E-state index contributed by atoms with van der Waals surface area (Å²) in [4.78, 5) is 20.6. The van der Waals surface area contributed by atoms with Gasteiger partial charge in [0, 0.05) is 31.7 Å². The average molecular weight is 429 g/mol. The molecule has 0 aliphatic rings. The van der Waals surface area contributed by atoms with E-state index in [-0.39, 0.29) is 19.1 Å². The number of tetrazole rings is 1. The molecule has 14 heteroatoms. The first-order valence-corrected chi connectivity index (χ1v) is 9.72. The Morgan fingerprint density at radius 2 is 2.19 bits per heavy atom. The molecule has 0 bridgehead atoms. The quantitative estimate of drug-likeness (QED) is 0.200. The van der Waals surface area contributed by atoms with Gasteiger partial charge in [0.15, 0.2) is 5.82 Å². The van der Waals surface area contributed by atoms with Gasteiger partial charge in [0.1, 0.15) is 18.7 Å². The Kier molecular flexibility index (Phi) is 8.17. The topological polar surface area (TPSA) is 179 Å². The highest BCUT2D eigenvalue weighted by Crippen LogP contribution is 2.13. The summed E-state index contributed by atoms with van der Waals surface area (Å²) in [6, 6.07) is 3.26. The standard InChI is InChI=1S/C17H24BN9O4/c19-14(3-1-2-8-31-18(29)30)17-23-24-25-27(17)11-16(28)22-10-13-4-5-15(21-9-13)26-7-6-20-12-26/h4-7,9,12,14,29-30H,1-3,8,10-11,19H2,(H,22,28). The summed E-state index contributed by atoms with van der Waals surface area (Å²) in [5.41, 5.74) is 6.98. The van der Waals surface area contributed by atoms with Crippen LogP contribution >= 0.6 is 0 Å². The van der Waals surface area contributed by atoms with E-state index in [1.54, 1.807) is 29.5 Å². The Morgan fingerprint density at radius 1 is 1.32 bits per heavy atom. The molecule has 5 N–H and O–H groups in total. The summed E-state index contributed by atoms with van der Waals surface area (Å²) in [5.74, 6) is 0.883. The normalized spacial score (nSPS) is 12.0. The molecule has 3 heterocycles. The van der Waals surface area contributed by atoms with Crippen LogP contribution in [0.4, 0.5) is 0 Å². The average Bonchev–Trinajstić information content (AvgIpc) is 3.44. The van der Waals surface area contributed by atoms with Gasteiger partial charge in [-0.05, 0) is 41.3 Å². The van der Waals surface area contributed by atoms with Gasteiger partial charge in [0.05, 0.1) is 6.04 Å². The van der Waals surface area contributed by atoms with Crippen LogP contribution in [-0.2, 0) is 22.5 Å². The fraction of sp³-hybridized carbons (Fsp3) is 0.412. The number of nitrogens with two attached hydrogens (primary N) is 1. The molecule has 3 aromatic rings. The molecule has 13 nitrogen and oxygen atoms in total. The minimum atomic E-state index is -1.77. The van der Waals surface area contributed by atoms with Crippen molar-refractivity contribution in [3.63, 3.8) is 0 Å². The molecule has 1 amide bonds. The van der Waals surface area contributed by atoms with Crippen molar-refractivity contribution in [2.24, 2.45) is 5.73 Å². The fourth-order valence-corrected chi connectivity index (χ4v) is 2.84. The Labute approximate surface area is 178 Å². The molecular formula is C17H24BN9O4. The Balaban J connectivity index is 1.44. The van der Waals surface area contributed by atoms with Crippen LogP contribution in [0.2, 0.25) is 0 Å². The summed E-state index contributed by atoms with van der Waals surface area (Å²) < 4.78 is 7.80. The number of imidazole rings is 1. The highest BCUT2D eigenvalue weighted by Gasteiger charge is 2.17. The number of nitrogens with one attached hydrogen (secondary N) is 1. The number of aromatic nitrogens is 7. The molecule has 3 rings (SSSR count). The van der Waals surface area contributed by atoms with Crippen LogP contribution in [0, 0.1) is 0 Å². The minimum absolute atomic E-state index is 0.0591. The third-order valence-electron chi connectivity index (χ3n) is 4.43. The molecule has 0 radical (unpaired) electrons. The van der Waals surface area contributed by atoms with E-state index in [4.69, 9.17) is 15.8 Å². The summed E-state index contributed by atoms with van der Waals surface area (Å²) in [6.07, 6.45) is 8.65. The third kappa shape index (κ3) is 6.92. The number of carbonyl (C=O) groups excluding carboxylic acids is 1. The van der Waals surface area contributed by atoms with Crippen LogP contribution in [0.5, 0.6) is 0 Å². The predicted molar refractivity (Wildman–Crippen MR) is 108 cm³/mol. The summed E-state index contributed by atoms with van der Waals surface area (Å²) in [7, 11) is -1.77. The molecule has 0 spiro atoms. The second kappa shape index (κ2) is 11.3. The molecule has 0 saturated heterocycles. The number of unbranched alkanes of at least 4 members (excludes halogenated alkanes) is 1. The van der Waals surface area contributed by atoms with Gasteiger partial charge in [-0.2, -0.15) is 0 Å². The van der Waals surface area contributed by atoms with Crippen molar-refractivity contribution >= 4 is 13.2 Å². The predicted octanol–water partition coefficient (Wildman–Crippen LogP) is -1.27. The van der Waals surface area contributed by atoms with Crippen molar-refractivity contribution in [2.45, 2.75) is 38.4 Å². The van der Waals surface area contributed by atoms with E-state index >= 15 is 0 Å². The van der Waals surface area contributed by atoms with Crippen molar-refractivity contribution in [1.29, 1.82) is 0 Å². The van der Waals surface area contributed by atoms with Crippen molar-refractivity contribution in [3.8, 4) is 5.82 Å². The van der Waals surface area contributed by atoms with E-state index in [0.29, 0.717) is 31.6 Å². The molecule has 0 aliphatic heterocycles. The summed E-state index contributed by atoms with van der Waals surface area (Å²) >= 11 is 0. The zero-order chi connectivity index (χ0) is 22.1. The monoisotopic (exact) mass is 429 g/mol. The maximum Gasteiger partial charge on any atom is 0.633 e. The molecule has 0 fully saturated rings. The maximum atomic E-state index is 12.3. The molecule has 0 aromatic carbocycles. The van der Waals surface area contributed by atoms with Gasteiger partial charge in [0.25, 0.3) is 0 Å². The SMILES string of the molecule is NC(CCCCOB(O)O)c1nnnn1CC(=O)NCc1ccc(-n2ccnc2)nc1. The molecule has 31 heavy (non-hydrogen) atoms. The molecule has 1 atom stereocenters. The number of hydrogen-bond acceptors (Lipinski definition) is 10. The van der Waals surface area contributed by atoms with E-state index in [9.17, 15) is 4.79 Å². The number of hydrogen-bond donors (Lipinski definition) is 4. The first-order chi connectivity index (χ1) is 15.0. The van der Waals surface area contributed by atoms with Crippen LogP contribution in [0.1, 0.15) is 36.7 Å². The number of carbonyl (C=O) groups is 1. The first kappa shape index (κ1) is 22.5. The van der Waals surface area contributed by atoms with Crippen LogP contribution in [-0.4, -0.2) is 64.6 Å². The van der Waals surface area contributed by atoms with Crippen molar-refractivity contribution < 1.29 is 19.5 Å². The lowest BCUT2D eigenvalue weighted by atomic mass is 10.1. The lowest BCUT2D eigenvalue weighted by Crippen LogP contribution is -2.29. The van der Waals surface area contributed by atoms with Crippen LogP contribution < -0.4 is 11.1 Å². The highest BCUT2D eigenvalue weighted by molar-refractivity contribution is 6.32. The van der Waals surface area contributed by atoms with E-state index in [0.717, 1.165) is 11.4 Å². The van der Waals surface area contributed by atoms with Gasteiger partial charge in [0.2, 0.25) is 5.91 Å². The molecule has 1 unspecified atom stereocenters. The number of nitrogens with zero attached hydrogens (tertiary/aromatic N) is 7. The second-order valence-corrected chi connectivity index (χ2v) is 6.77. The van der Waals surface area contributed by atoms with Gasteiger partial charge in [-0.1, -0.05) is 6.07 Å². The smallest absolute Gasteiger partial charge is 0.402 e. The molecule has 3 aromatic heterocycles. The highest BCUT2D eigenvalue weighted by atomic mass is 16.6. The Hall–Kier alpha value is -3.20. The molecule has 164 valence electrons. The third-order valence-corrected chi connectivity index (χ3v) is 4.43. The van der Waals surface area contributed by atoms with E-state index < -0.39 is 13.4 Å². The van der Waals surface area contributed by atoms with E-state index in [1.807, 2.05) is 12.1 Å². The van der Waals surface area contributed by atoms with Gasteiger partial charge in [-0.25, -0.2) is 14.6 Å². The zero-order valence-corrected chi connectivity index (χ0v) is 16.8. The summed E-state index contributed by atoms with van der Waals surface area (Å²) in [6.45, 7) is 0.461. The Bertz CT molecular complexity index is 933. The number of rotatable bonds is 12. The van der Waals surface area contributed by atoms with Gasteiger partial charge < -0.3 is 25.8 Å². The maximum absolute atomic E-state index is 12.3. The van der Waals surface area contributed by atoms with E-state index in [2.05, 4.69) is 35.5 Å². The van der Waals surface area contributed by atoms with Crippen LogP contribution in [0.3, 0.4) is 0 Å². The van der Waals surface area contributed by atoms with Crippen molar-refractivity contribution in [3.05, 3.63) is 48.4 Å². The lowest BCUT2D eigenvalue weighted by molar-refractivity contribution is -0.122. The largest absolute Gasteiger partial charge is 0.633 e. The van der Waals surface area contributed by atoms with E-state index in [1.165, 1.54) is 4.68 Å².